The number of hydrogen-bond donors (Lipinski definition) is 1. The van der Waals surface area contributed by atoms with Gasteiger partial charge in [0.25, 0.3) is 5.91 Å². The molecular weight excluding hydrogens is 276 g/mol. The Morgan fingerprint density at radius 1 is 1.14 bits per heavy atom. The molecule has 106 valence electrons. The van der Waals surface area contributed by atoms with Crippen molar-refractivity contribution in [1.29, 1.82) is 5.26 Å². The summed E-state index contributed by atoms with van der Waals surface area (Å²) in [5, 5.41) is 15.8. The molecule has 2 aromatic carbocycles. The Kier molecular flexibility index (Phi) is 3.67. The largest absolute Gasteiger partial charge is 0.322 e. The summed E-state index contributed by atoms with van der Waals surface area (Å²) in [5.74, 6) is -0.220. The van der Waals surface area contributed by atoms with Crippen molar-refractivity contribution in [2.45, 2.75) is 0 Å². The lowest BCUT2D eigenvalue weighted by molar-refractivity contribution is 0.102. The first-order valence-electron chi connectivity index (χ1n) is 6.68. The Balaban J connectivity index is 1.76. The first-order valence-corrected chi connectivity index (χ1v) is 6.68. The molecule has 5 nitrogen and oxygen atoms in total. The Morgan fingerprint density at radius 3 is 2.64 bits per heavy atom. The molecule has 0 saturated heterocycles. The highest BCUT2D eigenvalue weighted by atomic mass is 16.1. The summed E-state index contributed by atoms with van der Waals surface area (Å²) < 4.78 is 1.72. The maximum atomic E-state index is 12.2. The van der Waals surface area contributed by atoms with Crippen molar-refractivity contribution in [2.75, 3.05) is 5.32 Å². The van der Waals surface area contributed by atoms with Crippen LogP contribution >= 0.6 is 0 Å². The van der Waals surface area contributed by atoms with E-state index in [0.717, 1.165) is 5.69 Å². The third kappa shape index (κ3) is 2.86. The monoisotopic (exact) mass is 288 g/mol. The second-order valence-corrected chi connectivity index (χ2v) is 4.64. The van der Waals surface area contributed by atoms with Gasteiger partial charge in [-0.05, 0) is 48.5 Å². The van der Waals surface area contributed by atoms with Gasteiger partial charge in [0, 0.05) is 23.6 Å². The molecule has 0 unspecified atom stereocenters. The molecule has 0 spiro atoms. The van der Waals surface area contributed by atoms with Crippen molar-refractivity contribution >= 4 is 11.6 Å². The fraction of sp³-hybridized carbons (Fsp3) is 0. The topological polar surface area (TPSA) is 70.7 Å². The van der Waals surface area contributed by atoms with E-state index in [1.54, 1.807) is 47.3 Å². The number of amides is 1. The average Bonchev–Trinajstić information content (AvgIpc) is 3.09. The van der Waals surface area contributed by atoms with E-state index >= 15 is 0 Å². The number of nitrogens with zero attached hydrogens (tertiary/aromatic N) is 3. The van der Waals surface area contributed by atoms with Crippen LogP contribution in [0, 0.1) is 11.3 Å². The van der Waals surface area contributed by atoms with Crippen LogP contribution in [0.15, 0.2) is 67.0 Å². The van der Waals surface area contributed by atoms with Crippen molar-refractivity contribution < 1.29 is 4.79 Å². The smallest absolute Gasteiger partial charge is 0.255 e. The van der Waals surface area contributed by atoms with Gasteiger partial charge in [-0.15, -0.1) is 0 Å². The minimum Gasteiger partial charge on any atom is -0.322 e. The van der Waals surface area contributed by atoms with Gasteiger partial charge in [-0.2, -0.15) is 10.4 Å². The van der Waals surface area contributed by atoms with Crippen molar-refractivity contribution in [2.24, 2.45) is 0 Å². The number of hydrogen-bond acceptors (Lipinski definition) is 3. The highest BCUT2D eigenvalue weighted by molar-refractivity contribution is 6.04. The van der Waals surface area contributed by atoms with E-state index in [-0.39, 0.29) is 5.91 Å². The summed E-state index contributed by atoms with van der Waals surface area (Å²) in [6.45, 7) is 0. The summed E-state index contributed by atoms with van der Waals surface area (Å²) in [5.41, 5.74) is 2.53. The predicted octanol–water partition coefficient (Wildman–Crippen LogP) is 3.00. The normalized spacial score (nSPS) is 9.95. The second kappa shape index (κ2) is 5.94. The third-order valence-corrected chi connectivity index (χ3v) is 3.15. The standard InChI is InChI=1S/C17H12N4O/c18-12-13-3-1-4-15(11-13)20-17(22)14-5-7-16(8-6-14)21-10-2-9-19-21/h1-11H,(H,20,22). The zero-order valence-electron chi connectivity index (χ0n) is 11.6. The zero-order chi connectivity index (χ0) is 15.4. The van der Waals surface area contributed by atoms with Gasteiger partial charge >= 0.3 is 0 Å². The van der Waals surface area contributed by atoms with Crippen LogP contribution in [0.4, 0.5) is 5.69 Å². The van der Waals surface area contributed by atoms with Crippen LogP contribution in [0.1, 0.15) is 15.9 Å². The van der Waals surface area contributed by atoms with Crippen LogP contribution < -0.4 is 5.32 Å². The molecule has 0 bridgehead atoms. The second-order valence-electron chi connectivity index (χ2n) is 4.64. The summed E-state index contributed by atoms with van der Waals surface area (Å²) in [4.78, 5) is 12.2. The quantitative estimate of drug-likeness (QED) is 0.805. The van der Waals surface area contributed by atoms with Gasteiger partial charge in [-0.1, -0.05) is 6.07 Å². The molecule has 22 heavy (non-hydrogen) atoms. The molecule has 5 heteroatoms. The van der Waals surface area contributed by atoms with Crippen LogP contribution in [0.5, 0.6) is 0 Å². The van der Waals surface area contributed by atoms with Crippen LogP contribution in [0.2, 0.25) is 0 Å². The average molecular weight is 288 g/mol. The van der Waals surface area contributed by atoms with E-state index in [1.165, 1.54) is 0 Å². The highest BCUT2D eigenvalue weighted by Crippen LogP contribution is 2.13. The first-order chi connectivity index (χ1) is 10.8. The zero-order valence-corrected chi connectivity index (χ0v) is 11.6. The van der Waals surface area contributed by atoms with Crippen molar-refractivity contribution in [3.8, 4) is 11.8 Å². The van der Waals surface area contributed by atoms with E-state index in [9.17, 15) is 4.79 Å². The van der Waals surface area contributed by atoms with Crippen molar-refractivity contribution in [1.82, 2.24) is 9.78 Å². The fourth-order valence-corrected chi connectivity index (χ4v) is 2.06. The van der Waals surface area contributed by atoms with E-state index in [0.29, 0.717) is 16.8 Å². The number of aromatic nitrogens is 2. The molecule has 1 heterocycles. The molecular formula is C17H12N4O. The number of carbonyl (C=O) groups is 1. The van der Waals surface area contributed by atoms with E-state index in [4.69, 9.17) is 5.26 Å². The van der Waals surface area contributed by atoms with Crippen molar-refractivity contribution in [3.63, 3.8) is 0 Å². The fourth-order valence-electron chi connectivity index (χ4n) is 2.06. The summed E-state index contributed by atoms with van der Waals surface area (Å²) >= 11 is 0. The van der Waals surface area contributed by atoms with E-state index < -0.39 is 0 Å². The third-order valence-electron chi connectivity index (χ3n) is 3.15. The maximum absolute atomic E-state index is 12.2. The molecule has 0 aliphatic carbocycles. The predicted molar refractivity (Wildman–Crippen MR) is 82.7 cm³/mol. The Bertz CT molecular complexity index is 830. The van der Waals surface area contributed by atoms with Crippen LogP contribution in [-0.4, -0.2) is 15.7 Å². The van der Waals surface area contributed by atoms with Crippen LogP contribution in [-0.2, 0) is 0 Å². The first kappa shape index (κ1) is 13.6. The number of nitriles is 1. The molecule has 1 N–H and O–H groups in total. The molecule has 0 fully saturated rings. The SMILES string of the molecule is N#Cc1cccc(NC(=O)c2ccc(-n3cccn3)cc2)c1. The molecule has 0 atom stereocenters. The van der Waals surface area contributed by atoms with Gasteiger partial charge in [-0.3, -0.25) is 4.79 Å². The Labute approximate surface area is 127 Å². The molecule has 3 aromatic rings. The van der Waals surface area contributed by atoms with Gasteiger partial charge in [0.1, 0.15) is 0 Å². The summed E-state index contributed by atoms with van der Waals surface area (Å²) in [6.07, 6.45) is 3.53. The number of benzene rings is 2. The number of nitrogens with one attached hydrogen (secondary N) is 1. The molecule has 3 rings (SSSR count). The minimum atomic E-state index is -0.220. The number of anilines is 1. The van der Waals surface area contributed by atoms with Crippen LogP contribution in [0.25, 0.3) is 5.69 Å². The van der Waals surface area contributed by atoms with Gasteiger partial charge in [0.15, 0.2) is 0 Å². The molecule has 0 radical (unpaired) electrons. The highest BCUT2D eigenvalue weighted by Gasteiger charge is 2.07. The lowest BCUT2D eigenvalue weighted by Gasteiger charge is -2.06. The molecule has 0 saturated carbocycles. The van der Waals surface area contributed by atoms with Gasteiger partial charge in [0.2, 0.25) is 0 Å². The van der Waals surface area contributed by atoms with Crippen LogP contribution in [0.3, 0.4) is 0 Å². The van der Waals surface area contributed by atoms with Gasteiger partial charge < -0.3 is 5.32 Å². The molecule has 1 amide bonds. The lowest BCUT2D eigenvalue weighted by atomic mass is 10.1. The molecule has 0 aliphatic heterocycles. The molecule has 1 aromatic heterocycles. The minimum absolute atomic E-state index is 0.220. The van der Waals surface area contributed by atoms with Gasteiger partial charge in [0.05, 0.1) is 17.3 Å². The Morgan fingerprint density at radius 2 is 1.95 bits per heavy atom. The maximum Gasteiger partial charge on any atom is 0.255 e. The number of carbonyl (C=O) groups excluding carboxylic acids is 1. The summed E-state index contributed by atoms with van der Waals surface area (Å²) in [6, 6.07) is 17.8. The number of rotatable bonds is 3. The molecule has 0 aliphatic rings. The lowest BCUT2D eigenvalue weighted by Crippen LogP contribution is -2.12. The van der Waals surface area contributed by atoms with Crippen molar-refractivity contribution in [3.05, 3.63) is 78.1 Å². The van der Waals surface area contributed by atoms with E-state index in [1.807, 2.05) is 30.5 Å². The van der Waals surface area contributed by atoms with Gasteiger partial charge in [-0.25, -0.2) is 4.68 Å². The van der Waals surface area contributed by atoms with E-state index in [2.05, 4.69) is 10.4 Å². The summed E-state index contributed by atoms with van der Waals surface area (Å²) in [7, 11) is 0. The Hall–Kier alpha value is -3.39.